The highest BCUT2D eigenvalue weighted by Crippen LogP contribution is 2.15. The maximum atomic E-state index is 11.6. The number of aryl methyl sites for hydroxylation is 2. The predicted octanol–water partition coefficient (Wildman–Crippen LogP) is 1.76. The Morgan fingerprint density at radius 1 is 1.50 bits per heavy atom. The Morgan fingerprint density at radius 3 is 3.00 bits per heavy atom. The van der Waals surface area contributed by atoms with Gasteiger partial charge in [-0.1, -0.05) is 0 Å². The first-order chi connectivity index (χ1) is 7.66. The van der Waals surface area contributed by atoms with Gasteiger partial charge in [-0.05, 0) is 19.1 Å². The van der Waals surface area contributed by atoms with Gasteiger partial charge in [0.05, 0.1) is 6.54 Å². The fraction of sp³-hybridized carbons (Fsp3) is 0.273. The summed E-state index contributed by atoms with van der Waals surface area (Å²) in [6, 6.07) is 4.12. The van der Waals surface area contributed by atoms with E-state index >= 15 is 0 Å². The lowest BCUT2D eigenvalue weighted by Gasteiger charge is -2.04. The first-order valence-electron chi connectivity index (χ1n) is 4.97. The van der Waals surface area contributed by atoms with Gasteiger partial charge in [0.15, 0.2) is 5.82 Å². The van der Waals surface area contributed by atoms with Crippen molar-refractivity contribution in [3.05, 3.63) is 44.6 Å². The second-order valence-electron chi connectivity index (χ2n) is 3.56. The van der Waals surface area contributed by atoms with Crippen LogP contribution in [-0.2, 0) is 13.6 Å². The molecular weight excluding hydrogens is 222 g/mol. The second kappa shape index (κ2) is 4.49. The summed E-state index contributed by atoms with van der Waals surface area (Å²) in [7, 11) is 1.71. The number of aromatic nitrogens is 2. The van der Waals surface area contributed by atoms with Crippen molar-refractivity contribution in [3.63, 3.8) is 0 Å². The molecule has 0 fully saturated rings. The van der Waals surface area contributed by atoms with Crippen molar-refractivity contribution < 1.29 is 0 Å². The quantitative estimate of drug-likeness (QED) is 0.881. The third-order valence-electron chi connectivity index (χ3n) is 2.24. The number of nitrogens with one attached hydrogen (secondary N) is 1. The smallest absolute Gasteiger partial charge is 0.293 e. The van der Waals surface area contributed by atoms with E-state index in [9.17, 15) is 4.79 Å². The van der Waals surface area contributed by atoms with Gasteiger partial charge in [-0.2, -0.15) is 0 Å². The van der Waals surface area contributed by atoms with Crippen LogP contribution in [0.25, 0.3) is 0 Å². The van der Waals surface area contributed by atoms with Crippen molar-refractivity contribution in [2.75, 3.05) is 5.32 Å². The van der Waals surface area contributed by atoms with Crippen LogP contribution in [0.5, 0.6) is 0 Å². The molecule has 0 spiro atoms. The zero-order valence-electron chi connectivity index (χ0n) is 9.23. The Balaban J connectivity index is 2.11. The number of nitrogens with zero attached hydrogens (tertiary/aromatic N) is 2. The number of rotatable bonds is 3. The summed E-state index contributed by atoms with van der Waals surface area (Å²) in [6.07, 6.45) is 3.26. The first-order valence-corrected chi connectivity index (χ1v) is 5.79. The highest BCUT2D eigenvalue weighted by molar-refractivity contribution is 7.11. The van der Waals surface area contributed by atoms with E-state index < -0.39 is 0 Å². The summed E-state index contributed by atoms with van der Waals surface area (Å²) in [5.41, 5.74) is -0.101. The average molecular weight is 235 g/mol. The van der Waals surface area contributed by atoms with Gasteiger partial charge in [-0.15, -0.1) is 11.3 Å². The fourth-order valence-corrected chi connectivity index (χ4v) is 2.20. The molecule has 0 saturated carbocycles. The van der Waals surface area contributed by atoms with Gasteiger partial charge >= 0.3 is 0 Å². The van der Waals surface area contributed by atoms with E-state index in [0.29, 0.717) is 12.4 Å². The Hall–Kier alpha value is -1.62. The summed E-state index contributed by atoms with van der Waals surface area (Å²) in [6.45, 7) is 2.71. The molecule has 2 rings (SSSR count). The lowest BCUT2D eigenvalue weighted by molar-refractivity contribution is 0.840. The Morgan fingerprint density at radius 2 is 2.31 bits per heavy atom. The van der Waals surface area contributed by atoms with Crippen molar-refractivity contribution in [2.45, 2.75) is 13.5 Å². The molecular formula is C11H13N3OS. The lowest BCUT2D eigenvalue weighted by Crippen LogP contribution is -2.21. The van der Waals surface area contributed by atoms with Gasteiger partial charge in [0, 0.05) is 29.2 Å². The van der Waals surface area contributed by atoms with Gasteiger partial charge in [0.2, 0.25) is 0 Å². The van der Waals surface area contributed by atoms with Gasteiger partial charge < -0.3 is 9.88 Å². The minimum absolute atomic E-state index is 0.101. The average Bonchev–Trinajstić information content (AvgIpc) is 2.67. The molecule has 2 aromatic rings. The van der Waals surface area contributed by atoms with E-state index in [1.54, 1.807) is 30.8 Å². The second-order valence-corrected chi connectivity index (χ2v) is 4.93. The van der Waals surface area contributed by atoms with Crippen molar-refractivity contribution in [1.29, 1.82) is 0 Å². The number of thiophene rings is 1. The monoisotopic (exact) mass is 235 g/mol. The molecule has 0 unspecified atom stereocenters. The van der Waals surface area contributed by atoms with Crippen molar-refractivity contribution in [2.24, 2.45) is 7.05 Å². The van der Waals surface area contributed by atoms with Gasteiger partial charge in [0.1, 0.15) is 0 Å². The molecule has 0 aromatic carbocycles. The standard InChI is InChI=1S/C11H13N3OS/c1-8-3-4-9(16-8)7-13-10-11(15)14(2)6-5-12-10/h3-6H,7H2,1-2H3,(H,12,13). The summed E-state index contributed by atoms with van der Waals surface area (Å²) < 4.78 is 1.51. The topological polar surface area (TPSA) is 46.9 Å². The molecule has 0 aliphatic rings. The molecule has 0 amide bonds. The SMILES string of the molecule is Cc1ccc(CNc2nccn(C)c2=O)s1. The molecule has 1 N–H and O–H groups in total. The highest BCUT2D eigenvalue weighted by Gasteiger charge is 2.02. The van der Waals surface area contributed by atoms with Crippen molar-refractivity contribution >= 4 is 17.2 Å². The number of hydrogen-bond acceptors (Lipinski definition) is 4. The minimum Gasteiger partial charge on any atom is -0.361 e. The molecule has 2 heterocycles. The van der Waals surface area contributed by atoms with E-state index in [0.717, 1.165) is 0 Å². The molecule has 16 heavy (non-hydrogen) atoms. The predicted molar refractivity (Wildman–Crippen MR) is 65.9 cm³/mol. The zero-order valence-corrected chi connectivity index (χ0v) is 10.0. The maximum absolute atomic E-state index is 11.6. The van der Waals surface area contributed by atoms with E-state index in [-0.39, 0.29) is 5.56 Å². The Kier molecular flexibility index (Phi) is 3.05. The Bertz CT molecular complexity index is 544. The van der Waals surface area contributed by atoms with E-state index in [1.165, 1.54) is 14.3 Å². The van der Waals surface area contributed by atoms with Gasteiger partial charge in [-0.25, -0.2) is 4.98 Å². The number of anilines is 1. The van der Waals surface area contributed by atoms with Crippen molar-refractivity contribution in [1.82, 2.24) is 9.55 Å². The molecule has 84 valence electrons. The van der Waals surface area contributed by atoms with Crippen LogP contribution in [0.15, 0.2) is 29.3 Å². The van der Waals surface area contributed by atoms with Crippen LogP contribution >= 0.6 is 11.3 Å². The molecule has 2 aromatic heterocycles. The summed E-state index contributed by atoms with van der Waals surface area (Å²) in [5, 5.41) is 3.05. The lowest BCUT2D eigenvalue weighted by atomic mass is 10.4. The molecule has 0 bridgehead atoms. The molecule has 0 aliphatic heterocycles. The molecule has 5 heteroatoms. The Labute approximate surface area is 97.6 Å². The van der Waals surface area contributed by atoms with Crippen LogP contribution < -0.4 is 10.9 Å². The largest absolute Gasteiger partial charge is 0.361 e. The van der Waals surface area contributed by atoms with E-state index in [1.807, 2.05) is 0 Å². The molecule has 4 nitrogen and oxygen atoms in total. The summed E-state index contributed by atoms with van der Waals surface area (Å²) >= 11 is 1.72. The molecule has 0 radical (unpaired) electrons. The minimum atomic E-state index is -0.101. The van der Waals surface area contributed by atoms with Gasteiger partial charge in [0.25, 0.3) is 5.56 Å². The van der Waals surface area contributed by atoms with Gasteiger partial charge in [-0.3, -0.25) is 4.79 Å². The van der Waals surface area contributed by atoms with Crippen LogP contribution in [-0.4, -0.2) is 9.55 Å². The van der Waals surface area contributed by atoms with Crippen LogP contribution in [0.1, 0.15) is 9.75 Å². The maximum Gasteiger partial charge on any atom is 0.293 e. The summed E-state index contributed by atoms with van der Waals surface area (Å²) in [4.78, 5) is 18.1. The third-order valence-corrected chi connectivity index (χ3v) is 3.24. The molecule has 0 aliphatic carbocycles. The molecule has 0 saturated heterocycles. The first kappa shape index (κ1) is 10.9. The third kappa shape index (κ3) is 2.30. The van der Waals surface area contributed by atoms with E-state index in [2.05, 4.69) is 29.4 Å². The molecule has 0 atom stereocenters. The van der Waals surface area contributed by atoms with Crippen LogP contribution in [0.4, 0.5) is 5.82 Å². The zero-order chi connectivity index (χ0) is 11.5. The fourth-order valence-electron chi connectivity index (χ4n) is 1.37. The number of hydrogen-bond donors (Lipinski definition) is 1. The highest BCUT2D eigenvalue weighted by atomic mass is 32.1. The van der Waals surface area contributed by atoms with Crippen LogP contribution in [0.3, 0.4) is 0 Å². The van der Waals surface area contributed by atoms with Crippen LogP contribution in [0, 0.1) is 6.92 Å². The normalized spacial score (nSPS) is 10.4. The van der Waals surface area contributed by atoms with Crippen LogP contribution in [0.2, 0.25) is 0 Å². The summed E-state index contributed by atoms with van der Waals surface area (Å²) in [5.74, 6) is 0.399. The van der Waals surface area contributed by atoms with E-state index in [4.69, 9.17) is 0 Å². The van der Waals surface area contributed by atoms with Crippen molar-refractivity contribution in [3.8, 4) is 0 Å².